The highest BCUT2D eigenvalue weighted by Gasteiger charge is 2.19. The molecular weight excluding hydrogens is 462 g/mol. The van der Waals surface area contributed by atoms with Crippen LogP contribution in [0.5, 0.6) is 11.6 Å². The zero-order chi connectivity index (χ0) is 22.8. The second-order valence-corrected chi connectivity index (χ2v) is 7.85. The number of aryl methyl sites for hydroxylation is 2. The van der Waals surface area contributed by atoms with Crippen LogP contribution in [0.1, 0.15) is 11.4 Å². The molecule has 0 saturated carbocycles. The largest absolute Gasteiger partial charge is 0.478 e. The van der Waals surface area contributed by atoms with E-state index in [4.69, 9.17) is 16.3 Å². The van der Waals surface area contributed by atoms with Crippen molar-refractivity contribution in [2.24, 2.45) is 0 Å². The second-order valence-electron chi connectivity index (χ2n) is 6.59. The van der Waals surface area contributed by atoms with Crippen LogP contribution in [0.2, 0.25) is 5.02 Å². The van der Waals surface area contributed by atoms with E-state index in [2.05, 4.69) is 34.4 Å². The smallest absolute Gasteiger partial charge is 0.387 e. The van der Waals surface area contributed by atoms with Gasteiger partial charge in [-0.3, -0.25) is 14.7 Å². The highest BCUT2D eigenvalue weighted by Crippen LogP contribution is 2.38. The lowest BCUT2D eigenvalue weighted by Crippen LogP contribution is -2.08. The number of ether oxygens (including phenoxy) is 2. The minimum atomic E-state index is -3.01. The number of nitrogens with one attached hydrogen (secondary N) is 2. The average Bonchev–Trinajstić information content (AvgIpc) is 3.17. The topological polar surface area (TPSA) is 97.8 Å². The van der Waals surface area contributed by atoms with Crippen molar-refractivity contribution in [3.05, 3.63) is 47.1 Å². The first-order valence-electron chi connectivity index (χ1n) is 9.26. The van der Waals surface area contributed by atoms with Gasteiger partial charge >= 0.3 is 6.61 Å². The zero-order valence-electron chi connectivity index (χ0n) is 17.1. The number of rotatable bonds is 7. The van der Waals surface area contributed by atoms with Gasteiger partial charge in [-0.25, -0.2) is 4.98 Å². The summed E-state index contributed by atoms with van der Waals surface area (Å²) in [5.41, 5.74) is 3.21. The van der Waals surface area contributed by atoms with Gasteiger partial charge in [-0.15, -0.1) is 0 Å². The molecule has 166 valence electrons. The van der Waals surface area contributed by atoms with Crippen LogP contribution in [-0.2, 0) is 0 Å². The molecule has 32 heavy (non-hydrogen) atoms. The maximum absolute atomic E-state index is 12.6. The predicted octanol–water partition coefficient (Wildman–Crippen LogP) is 5.41. The Bertz CT molecular complexity index is 1270. The number of nitrogens with zero attached hydrogens (tertiary/aromatic N) is 4. The zero-order valence-corrected chi connectivity index (χ0v) is 18.7. The van der Waals surface area contributed by atoms with Crippen molar-refractivity contribution in [3.63, 3.8) is 0 Å². The van der Waals surface area contributed by atoms with E-state index in [9.17, 15) is 8.78 Å². The number of H-pyrrole nitrogens is 1. The van der Waals surface area contributed by atoms with Gasteiger partial charge in [0.05, 0.1) is 45.8 Å². The minimum Gasteiger partial charge on any atom is -0.478 e. The van der Waals surface area contributed by atoms with Crippen LogP contribution in [-0.4, -0.2) is 38.6 Å². The molecule has 0 unspecified atom stereocenters. The number of aromatic nitrogens is 5. The fourth-order valence-electron chi connectivity index (χ4n) is 3.05. The predicted molar refractivity (Wildman–Crippen MR) is 119 cm³/mol. The van der Waals surface area contributed by atoms with Crippen LogP contribution in [0, 0.1) is 13.8 Å². The van der Waals surface area contributed by atoms with Gasteiger partial charge in [-0.1, -0.05) is 17.7 Å². The van der Waals surface area contributed by atoms with E-state index in [0.717, 1.165) is 27.1 Å². The number of aromatic amines is 1. The van der Waals surface area contributed by atoms with Gasteiger partial charge in [0.1, 0.15) is 0 Å². The highest BCUT2D eigenvalue weighted by atomic mass is 35.5. The first-order chi connectivity index (χ1) is 15.4. The summed E-state index contributed by atoms with van der Waals surface area (Å²) in [5, 5.41) is 1.44. The Balaban J connectivity index is 1.63. The molecule has 4 rings (SSSR count). The van der Waals surface area contributed by atoms with Crippen LogP contribution in [0.25, 0.3) is 22.2 Å². The Morgan fingerprint density at radius 2 is 1.97 bits per heavy atom. The van der Waals surface area contributed by atoms with E-state index in [1.807, 2.05) is 19.2 Å². The summed E-state index contributed by atoms with van der Waals surface area (Å²) >= 11 is 7.69. The number of hydrogen-bond donors (Lipinski definition) is 2. The van der Waals surface area contributed by atoms with Gasteiger partial charge in [0.2, 0.25) is 11.7 Å². The van der Waals surface area contributed by atoms with Crippen molar-refractivity contribution >= 4 is 40.4 Å². The first kappa shape index (κ1) is 22.0. The Morgan fingerprint density at radius 1 is 1.16 bits per heavy atom. The van der Waals surface area contributed by atoms with Gasteiger partial charge in [-0.05, 0) is 31.9 Å². The van der Waals surface area contributed by atoms with Crippen LogP contribution < -0.4 is 14.2 Å². The van der Waals surface area contributed by atoms with Crippen molar-refractivity contribution in [2.75, 3.05) is 11.8 Å². The molecule has 4 aromatic rings. The Hall–Kier alpha value is -3.18. The fraction of sp³-hybridized carbons (Fsp3) is 0.200. The summed E-state index contributed by atoms with van der Waals surface area (Å²) in [5.74, 6) is -0.116. The number of fused-ring (bicyclic) bond motifs is 1. The molecular formula is C20H17ClF2N6O2S. The average molecular weight is 479 g/mol. The standard InChI is InChI=1S/C20H17ClF2N6O2S/c1-9-6-25-13(7-24-9)15-12(21)5-4-11-14(8-26-16(11)15)32-29-20-27-10(2)17(31-19(22)23)18(28-20)30-3/h4-8,19,26H,1-3H3,(H,27,28,29). The summed E-state index contributed by atoms with van der Waals surface area (Å²) in [7, 11) is 1.32. The molecule has 0 atom stereocenters. The number of benzene rings is 1. The molecule has 3 aromatic heterocycles. The van der Waals surface area contributed by atoms with E-state index in [-0.39, 0.29) is 23.3 Å². The number of alkyl halides is 2. The molecule has 0 aliphatic carbocycles. The Kier molecular flexibility index (Phi) is 6.28. The number of anilines is 1. The molecule has 12 heteroatoms. The molecule has 0 aliphatic heterocycles. The summed E-state index contributed by atoms with van der Waals surface area (Å²) < 4.78 is 37.8. The Labute approximate surface area is 190 Å². The van der Waals surface area contributed by atoms with E-state index < -0.39 is 6.61 Å². The first-order valence-corrected chi connectivity index (χ1v) is 10.5. The molecule has 0 fully saturated rings. The third-order valence-corrected chi connectivity index (χ3v) is 5.62. The molecule has 0 radical (unpaired) electrons. The second kappa shape index (κ2) is 9.13. The molecule has 0 saturated heterocycles. The van der Waals surface area contributed by atoms with Gasteiger partial charge in [0.15, 0.2) is 0 Å². The van der Waals surface area contributed by atoms with Crippen molar-refractivity contribution in [3.8, 4) is 22.9 Å². The van der Waals surface area contributed by atoms with E-state index in [1.54, 1.807) is 18.5 Å². The van der Waals surface area contributed by atoms with Gasteiger partial charge in [0, 0.05) is 23.3 Å². The van der Waals surface area contributed by atoms with E-state index in [0.29, 0.717) is 10.7 Å². The summed E-state index contributed by atoms with van der Waals surface area (Å²) in [4.78, 5) is 21.1. The molecule has 0 amide bonds. The van der Waals surface area contributed by atoms with Crippen molar-refractivity contribution in [1.82, 2.24) is 24.9 Å². The number of hydrogen-bond acceptors (Lipinski definition) is 8. The van der Waals surface area contributed by atoms with Gasteiger partial charge in [0.25, 0.3) is 5.88 Å². The van der Waals surface area contributed by atoms with Crippen LogP contribution in [0.15, 0.2) is 35.6 Å². The van der Waals surface area contributed by atoms with Crippen LogP contribution >= 0.6 is 23.5 Å². The fourth-order valence-corrected chi connectivity index (χ4v) is 3.99. The number of methoxy groups -OCH3 is 1. The third kappa shape index (κ3) is 4.39. The molecule has 0 spiro atoms. The third-order valence-electron chi connectivity index (χ3n) is 4.46. The number of halogens is 3. The van der Waals surface area contributed by atoms with Gasteiger partial charge in [-0.2, -0.15) is 13.8 Å². The quantitative estimate of drug-likeness (QED) is 0.340. The van der Waals surface area contributed by atoms with Crippen LogP contribution in [0.4, 0.5) is 14.7 Å². The SMILES string of the molecule is COc1nc(NSc2c[nH]c3c(-c4cnc(C)cn4)c(Cl)ccc23)nc(C)c1OC(F)F. The lowest BCUT2D eigenvalue weighted by Gasteiger charge is -2.12. The molecule has 1 aromatic carbocycles. The summed E-state index contributed by atoms with van der Waals surface area (Å²) in [6.45, 7) is 0.379. The van der Waals surface area contributed by atoms with Crippen molar-refractivity contribution in [2.45, 2.75) is 25.4 Å². The molecule has 0 bridgehead atoms. The molecule has 2 N–H and O–H groups in total. The van der Waals surface area contributed by atoms with E-state index >= 15 is 0 Å². The molecule has 0 aliphatic rings. The maximum atomic E-state index is 12.6. The normalized spacial score (nSPS) is 11.2. The lowest BCUT2D eigenvalue weighted by atomic mass is 10.1. The maximum Gasteiger partial charge on any atom is 0.387 e. The molecule has 3 heterocycles. The van der Waals surface area contributed by atoms with Crippen LogP contribution in [0.3, 0.4) is 0 Å². The summed E-state index contributed by atoms with van der Waals surface area (Å²) in [6.07, 6.45) is 5.16. The Morgan fingerprint density at radius 3 is 2.66 bits per heavy atom. The lowest BCUT2D eigenvalue weighted by molar-refractivity contribution is -0.0523. The summed E-state index contributed by atoms with van der Waals surface area (Å²) in [6, 6.07) is 3.67. The molecule has 8 nitrogen and oxygen atoms in total. The minimum absolute atomic E-state index is 0.0909. The van der Waals surface area contributed by atoms with E-state index in [1.165, 1.54) is 26.0 Å². The van der Waals surface area contributed by atoms with Crippen molar-refractivity contribution in [1.29, 1.82) is 0 Å². The monoisotopic (exact) mass is 478 g/mol. The van der Waals surface area contributed by atoms with Crippen molar-refractivity contribution < 1.29 is 18.3 Å². The highest BCUT2D eigenvalue weighted by molar-refractivity contribution is 8.00. The van der Waals surface area contributed by atoms with Gasteiger partial charge < -0.3 is 14.5 Å².